The second kappa shape index (κ2) is 10.7. The molecule has 2 fully saturated rings. The van der Waals surface area contributed by atoms with Crippen LogP contribution >= 0.6 is 0 Å². The number of carbonyl (C=O) groups excluding carboxylic acids is 2. The van der Waals surface area contributed by atoms with E-state index in [2.05, 4.69) is 0 Å². The van der Waals surface area contributed by atoms with Crippen molar-refractivity contribution in [1.29, 1.82) is 0 Å². The Bertz CT molecular complexity index is 962. The molecule has 2 heterocycles. The first-order chi connectivity index (χ1) is 16.0. The van der Waals surface area contributed by atoms with Gasteiger partial charge in [0.15, 0.2) is 11.6 Å². The third kappa shape index (κ3) is 5.64. The van der Waals surface area contributed by atoms with Crippen LogP contribution in [0.2, 0.25) is 0 Å². The van der Waals surface area contributed by atoms with Crippen LogP contribution in [0.1, 0.15) is 42.5 Å². The van der Waals surface area contributed by atoms with Crippen LogP contribution in [0.25, 0.3) is 0 Å². The molecule has 2 amide bonds. The minimum atomic E-state index is -0.567. The number of likely N-dealkylation sites (tertiary alicyclic amines) is 2. The average Bonchev–Trinajstić information content (AvgIpc) is 2.85. The molecule has 2 atom stereocenters. The number of para-hydroxylation sites is 1. The molecule has 0 unspecified atom stereocenters. The molecule has 2 aromatic rings. The highest BCUT2D eigenvalue weighted by Gasteiger charge is 2.36. The summed E-state index contributed by atoms with van der Waals surface area (Å²) in [6.45, 7) is 2.47. The summed E-state index contributed by atoms with van der Waals surface area (Å²) in [5.74, 6) is 0.0284. The van der Waals surface area contributed by atoms with Crippen molar-refractivity contribution in [3.8, 4) is 11.5 Å². The molecule has 0 N–H and O–H groups in total. The van der Waals surface area contributed by atoms with Crippen molar-refractivity contribution < 1.29 is 23.5 Å². The van der Waals surface area contributed by atoms with Crippen LogP contribution in [0.4, 0.5) is 4.39 Å². The van der Waals surface area contributed by atoms with Gasteiger partial charge in [-0.3, -0.25) is 9.59 Å². The number of nitrogens with zero attached hydrogens (tertiary/aromatic N) is 2. The molecule has 2 aliphatic heterocycles. The molecule has 6 nitrogen and oxygen atoms in total. The fraction of sp³-hybridized carbons (Fsp3) is 0.462. The molecule has 176 valence electrons. The molecule has 2 aromatic carbocycles. The number of carbonyl (C=O) groups is 2. The fourth-order valence-corrected chi connectivity index (χ4v) is 4.70. The lowest BCUT2D eigenvalue weighted by molar-refractivity contribution is -0.134. The van der Waals surface area contributed by atoms with Crippen LogP contribution in [0.5, 0.6) is 11.5 Å². The Morgan fingerprint density at radius 1 is 1.00 bits per heavy atom. The van der Waals surface area contributed by atoms with Crippen LogP contribution in [-0.4, -0.2) is 61.0 Å². The molecule has 2 saturated heterocycles. The van der Waals surface area contributed by atoms with Gasteiger partial charge in [0.2, 0.25) is 5.91 Å². The Morgan fingerprint density at radius 2 is 1.76 bits per heavy atom. The molecular formula is C26H31FN2O4. The van der Waals surface area contributed by atoms with Crippen molar-refractivity contribution in [2.24, 2.45) is 5.92 Å². The number of amides is 2. The van der Waals surface area contributed by atoms with Gasteiger partial charge in [-0.1, -0.05) is 18.2 Å². The van der Waals surface area contributed by atoms with E-state index in [-0.39, 0.29) is 35.1 Å². The van der Waals surface area contributed by atoms with Gasteiger partial charge in [0.25, 0.3) is 5.91 Å². The molecule has 0 radical (unpaired) electrons. The lowest BCUT2D eigenvalue weighted by Gasteiger charge is -2.39. The van der Waals surface area contributed by atoms with Crippen LogP contribution in [-0.2, 0) is 4.79 Å². The summed E-state index contributed by atoms with van der Waals surface area (Å²) < 4.78 is 25.4. The Kier molecular flexibility index (Phi) is 7.47. The minimum Gasteiger partial charge on any atom is -0.494 e. The van der Waals surface area contributed by atoms with E-state index in [4.69, 9.17) is 9.47 Å². The first kappa shape index (κ1) is 23.1. The zero-order valence-electron chi connectivity index (χ0n) is 19.0. The van der Waals surface area contributed by atoms with Gasteiger partial charge in [0.1, 0.15) is 11.9 Å². The second-order valence-corrected chi connectivity index (χ2v) is 8.76. The predicted molar refractivity (Wildman–Crippen MR) is 123 cm³/mol. The summed E-state index contributed by atoms with van der Waals surface area (Å²) in [4.78, 5) is 29.8. The van der Waals surface area contributed by atoms with Gasteiger partial charge >= 0.3 is 0 Å². The van der Waals surface area contributed by atoms with E-state index in [1.807, 2.05) is 35.2 Å². The largest absolute Gasteiger partial charge is 0.494 e. The SMILES string of the molecule is COc1ccc(C(=O)N2CC[C@H](Oc3ccccc3)[C@@H](CC(=O)N3CCCCC3)C2)cc1F. The molecule has 0 aromatic heterocycles. The third-order valence-electron chi connectivity index (χ3n) is 6.53. The topological polar surface area (TPSA) is 59.1 Å². The standard InChI is InChI=1S/C26H31FN2O4/c1-32-24-11-10-19(16-22(24)27)26(31)29-15-12-23(33-21-8-4-2-5-9-21)20(18-29)17-25(30)28-13-6-3-7-14-28/h2,4-5,8-11,16,20,23H,3,6-7,12-15,17-18H2,1H3/t20-,23-/m0/s1. The lowest BCUT2D eigenvalue weighted by Crippen LogP contribution is -2.50. The van der Waals surface area contributed by atoms with Gasteiger partial charge in [-0.25, -0.2) is 4.39 Å². The number of hydrogen-bond donors (Lipinski definition) is 0. The van der Waals surface area contributed by atoms with E-state index >= 15 is 0 Å². The first-order valence-electron chi connectivity index (χ1n) is 11.7. The number of piperidine rings is 2. The molecular weight excluding hydrogens is 423 g/mol. The van der Waals surface area contributed by atoms with E-state index < -0.39 is 5.82 Å². The van der Waals surface area contributed by atoms with Gasteiger partial charge in [-0.05, 0) is 49.6 Å². The summed E-state index contributed by atoms with van der Waals surface area (Å²) >= 11 is 0. The maximum Gasteiger partial charge on any atom is 0.253 e. The Balaban J connectivity index is 1.49. The predicted octanol–water partition coefficient (Wildman–Crippen LogP) is 4.15. The number of halogens is 1. The molecule has 0 spiro atoms. The van der Waals surface area contributed by atoms with Crippen LogP contribution in [0.15, 0.2) is 48.5 Å². The summed E-state index contributed by atoms with van der Waals surface area (Å²) in [5, 5.41) is 0. The number of hydrogen-bond acceptors (Lipinski definition) is 4. The molecule has 33 heavy (non-hydrogen) atoms. The number of methoxy groups -OCH3 is 1. The zero-order valence-corrected chi connectivity index (χ0v) is 19.0. The number of benzene rings is 2. The van der Waals surface area contributed by atoms with Gasteiger partial charge in [0.05, 0.1) is 7.11 Å². The van der Waals surface area contributed by atoms with Crippen LogP contribution < -0.4 is 9.47 Å². The molecule has 0 aliphatic carbocycles. The maximum absolute atomic E-state index is 14.2. The Hall–Kier alpha value is -3.09. The first-order valence-corrected chi connectivity index (χ1v) is 11.7. The minimum absolute atomic E-state index is 0.103. The van der Waals surface area contributed by atoms with Gasteiger partial charge in [-0.2, -0.15) is 0 Å². The summed E-state index contributed by atoms with van der Waals surface area (Å²) in [7, 11) is 1.39. The quantitative estimate of drug-likeness (QED) is 0.658. The fourth-order valence-electron chi connectivity index (χ4n) is 4.70. The summed E-state index contributed by atoms with van der Waals surface area (Å²) in [6.07, 6.45) is 4.00. The Labute approximate surface area is 194 Å². The number of ether oxygens (including phenoxy) is 2. The van der Waals surface area contributed by atoms with E-state index in [1.165, 1.54) is 19.2 Å². The van der Waals surface area contributed by atoms with E-state index in [0.29, 0.717) is 25.9 Å². The molecule has 7 heteroatoms. The van der Waals surface area contributed by atoms with Crippen molar-refractivity contribution in [1.82, 2.24) is 9.80 Å². The Morgan fingerprint density at radius 3 is 2.45 bits per heavy atom. The summed E-state index contributed by atoms with van der Waals surface area (Å²) in [6, 6.07) is 13.8. The normalized spacial score (nSPS) is 20.9. The maximum atomic E-state index is 14.2. The smallest absolute Gasteiger partial charge is 0.253 e. The van der Waals surface area contributed by atoms with Crippen LogP contribution in [0.3, 0.4) is 0 Å². The van der Waals surface area contributed by atoms with E-state index in [0.717, 1.165) is 38.1 Å². The highest BCUT2D eigenvalue weighted by atomic mass is 19.1. The molecule has 0 saturated carbocycles. The summed E-state index contributed by atoms with van der Waals surface area (Å²) in [5.41, 5.74) is 0.275. The molecule has 2 aliphatic rings. The highest BCUT2D eigenvalue weighted by molar-refractivity contribution is 5.94. The monoisotopic (exact) mass is 454 g/mol. The number of rotatable bonds is 6. The highest BCUT2D eigenvalue weighted by Crippen LogP contribution is 2.28. The van der Waals surface area contributed by atoms with Crippen molar-refractivity contribution in [2.75, 3.05) is 33.3 Å². The van der Waals surface area contributed by atoms with Gasteiger partial charge in [0, 0.05) is 50.5 Å². The van der Waals surface area contributed by atoms with Gasteiger partial charge < -0.3 is 19.3 Å². The zero-order chi connectivity index (χ0) is 23.2. The van der Waals surface area contributed by atoms with Gasteiger partial charge in [-0.15, -0.1) is 0 Å². The average molecular weight is 455 g/mol. The van der Waals surface area contributed by atoms with Crippen molar-refractivity contribution in [3.05, 3.63) is 59.9 Å². The molecule has 0 bridgehead atoms. The second-order valence-electron chi connectivity index (χ2n) is 8.76. The third-order valence-corrected chi connectivity index (χ3v) is 6.53. The van der Waals surface area contributed by atoms with Crippen molar-refractivity contribution >= 4 is 11.8 Å². The lowest BCUT2D eigenvalue weighted by atomic mass is 9.90. The molecule has 4 rings (SSSR count). The van der Waals surface area contributed by atoms with Crippen molar-refractivity contribution in [3.63, 3.8) is 0 Å². The van der Waals surface area contributed by atoms with Crippen LogP contribution in [0, 0.1) is 11.7 Å². The van der Waals surface area contributed by atoms with Crippen molar-refractivity contribution in [2.45, 2.75) is 38.2 Å². The van der Waals surface area contributed by atoms with E-state index in [9.17, 15) is 14.0 Å². The van der Waals surface area contributed by atoms with E-state index in [1.54, 1.807) is 11.0 Å².